The van der Waals surface area contributed by atoms with E-state index in [0.717, 1.165) is 36.7 Å². The fourth-order valence-electron chi connectivity index (χ4n) is 3.38. The summed E-state index contributed by atoms with van der Waals surface area (Å²) in [6.45, 7) is 1.77. The molecular formula is C17H22N4O3. The number of carbonyl (C=O) groups is 1. The Morgan fingerprint density at radius 1 is 1.29 bits per heavy atom. The Morgan fingerprint density at radius 2 is 2.00 bits per heavy atom. The van der Waals surface area contributed by atoms with E-state index < -0.39 is 11.2 Å². The molecule has 0 aromatic carbocycles. The van der Waals surface area contributed by atoms with Crippen LogP contribution in [0.4, 0.5) is 0 Å². The Balaban J connectivity index is 1.82. The second-order valence-electron chi connectivity index (χ2n) is 6.90. The topological polar surface area (TPSA) is 96.9 Å². The lowest BCUT2D eigenvalue weighted by molar-refractivity contribution is -0.123. The molecule has 2 aliphatic carbocycles. The first-order valence-corrected chi connectivity index (χ1v) is 8.56. The first-order valence-electron chi connectivity index (χ1n) is 8.56. The molecule has 7 heteroatoms. The third-order valence-corrected chi connectivity index (χ3v) is 5.02. The normalized spacial score (nSPS) is 23.5. The van der Waals surface area contributed by atoms with Crippen LogP contribution >= 0.6 is 0 Å². The van der Waals surface area contributed by atoms with Crippen molar-refractivity contribution in [1.82, 2.24) is 14.5 Å². The predicted molar refractivity (Wildman–Crippen MR) is 87.5 cm³/mol. The van der Waals surface area contributed by atoms with Gasteiger partial charge in [0.15, 0.2) is 0 Å². The number of nitriles is 1. The van der Waals surface area contributed by atoms with Gasteiger partial charge in [-0.25, -0.2) is 9.36 Å². The van der Waals surface area contributed by atoms with Crippen molar-refractivity contribution < 1.29 is 4.79 Å². The van der Waals surface area contributed by atoms with Crippen LogP contribution in [0.3, 0.4) is 0 Å². The molecule has 1 amide bonds. The summed E-state index contributed by atoms with van der Waals surface area (Å²) in [5, 5.41) is 12.1. The Morgan fingerprint density at radius 3 is 2.62 bits per heavy atom. The molecule has 24 heavy (non-hydrogen) atoms. The van der Waals surface area contributed by atoms with Crippen molar-refractivity contribution in [3.63, 3.8) is 0 Å². The molecule has 2 aliphatic rings. The quantitative estimate of drug-likeness (QED) is 0.887. The second kappa shape index (κ2) is 6.63. The summed E-state index contributed by atoms with van der Waals surface area (Å²) < 4.78 is 2.30. The maximum atomic E-state index is 12.5. The number of nitrogens with one attached hydrogen (secondary N) is 1. The number of hydrogen-bond acceptors (Lipinski definition) is 4. The molecule has 0 unspecified atom stereocenters. The van der Waals surface area contributed by atoms with Crippen LogP contribution in [-0.4, -0.2) is 21.1 Å². The average molecular weight is 330 g/mol. The van der Waals surface area contributed by atoms with E-state index in [2.05, 4.69) is 12.2 Å². The molecule has 1 N–H and O–H groups in total. The zero-order valence-electron chi connectivity index (χ0n) is 13.8. The number of carbonyl (C=O) groups excluding carboxylic acids is 1. The van der Waals surface area contributed by atoms with Crippen molar-refractivity contribution in [1.29, 1.82) is 5.26 Å². The zero-order valence-corrected chi connectivity index (χ0v) is 13.8. The molecular weight excluding hydrogens is 308 g/mol. The van der Waals surface area contributed by atoms with Gasteiger partial charge in [-0.15, -0.1) is 0 Å². The van der Waals surface area contributed by atoms with Crippen LogP contribution in [-0.2, 0) is 11.3 Å². The van der Waals surface area contributed by atoms with E-state index in [1.807, 2.05) is 6.07 Å². The van der Waals surface area contributed by atoms with E-state index in [1.54, 1.807) is 0 Å². The molecule has 1 heterocycles. The largest absolute Gasteiger partial charge is 0.352 e. The Labute approximate surface area is 139 Å². The maximum Gasteiger partial charge on any atom is 0.331 e. The fraction of sp³-hybridized carbons (Fsp3) is 0.647. The van der Waals surface area contributed by atoms with Crippen LogP contribution in [0.5, 0.6) is 0 Å². The van der Waals surface area contributed by atoms with Crippen molar-refractivity contribution in [3.05, 3.63) is 32.6 Å². The maximum absolute atomic E-state index is 12.5. The summed E-state index contributed by atoms with van der Waals surface area (Å²) in [6, 6.07) is 1.95. The highest BCUT2D eigenvalue weighted by molar-refractivity contribution is 5.76. The molecule has 0 aliphatic heterocycles. The number of aromatic nitrogens is 2. The van der Waals surface area contributed by atoms with Gasteiger partial charge in [-0.05, 0) is 31.6 Å². The molecule has 2 atom stereocenters. The highest BCUT2D eigenvalue weighted by atomic mass is 16.2. The predicted octanol–water partition coefficient (Wildman–Crippen LogP) is 0.911. The Kier molecular flexibility index (Phi) is 4.56. The van der Waals surface area contributed by atoms with Gasteiger partial charge in [0, 0.05) is 18.3 Å². The smallest absolute Gasteiger partial charge is 0.331 e. The van der Waals surface area contributed by atoms with Crippen LogP contribution < -0.4 is 16.6 Å². The molecule has 1 aromatic heterocycles. The van der Waals surface area contributed by atoms with Crippen molar-refractivity contribution in [2.75, 3.05) is 0 Å². The van der Waals surface area contributed by atoms with Gasteiger partial charge < -0.3 is 5.32 Å². The second-order valence-corrected chi connectivity index (χ2v) is 6.90. The molecule has 0 bridgehead atoms. The van der Waals surface area contributed by atoms with Gasteiger partial charge in [-0.1, -0.05) is 19.8 Å². The molecule has 2 fully saturated rings. The van der Waals surface area contributed by atoms with Crippen molar-refractivity contribution in [2.24, 2.45) is 5.92 Å². The Bertz CT molecular complexity index is 798. The van der Waals surface area contributed by atoms with Gasteiger partial charge in [0.25, 0.3) is 5.56 Å². The molecule has 0 radical (unpaired) electrons. The summed E-state index contributed by atoms with van der Waals surface area (Å²) in [4.78, 5) is 37.0. The third kappa shape index (κ3) is 3.28. The molecule has 3 rings (SSSR count). The molecule has 0 saturated heterocycles. The highest BCUT2D eigenvalue weighted by Gasteiger charge is 2.28. The molecule has 128 valence electrons. The van der Waals surface area contributed by atoms with Crippen LogP contribution in [0.2, 0.25) is 0 Å². The summed E-state index contributed by atoms with van der Waals surface area (Å²) in [5.74, 6) is 0.0540. The zero-order chi connectivity index (χ0) is 17.3. The number of amides is 1. The molecule has 2 saturated carbocycles. The van der Waals surface area contributed by atoms with E-state index >= 15 is 0 Å². The number of hydrogen-bond donors (Lipinski definition) is 1. The fourth-order valence-corrected chi connectivity index (χ4v) is 3.38. The first kappa shape index (κ1) is 16.5. The van der Waals surface area contributed by atoms with Crippen molar-refractivity contribution in [2.45, 2.75) is 64.1 Å². The summed E-state index contributed by atoms with van der Waals surface area (Å²) in [7, 11) is 0. The van der Waals surface area contributed by atoms with Crippen LogP contribution in [0.25, 0.3) is 0 Å². The average Bonchev–Trinajstić information content (AvgIpc) is 3.39. The lowest BCUT2D eigenvalue weighted by Gasteiger charge is -2.29. The summed E-state index contributed by atoms with van der Waals surface area (Å²) >= 11 is 0. The minimum atomic E-state index is -0.689. The highest BCUT2D eigenvalue weighted by Crippen LogP contribution is 2.33. The number of nitrogens with zero attached hydrogens (tertiary/aromatic N) is 3. The number of rotatable bonds is 4. The minimum Gasteiger partial charge on any atom is -0.352 e. The van der Waals surface area contributed by atoms with Crippen molar-refractivity contribution >= 4 is 5.91 Å². The van der Waals surface area contributed by atoms with Gasteiger partial charge in [-0.2, -0.15) is 5.26 Å². The third-order valence-electron chi connectivity index (χ3n) is 5.02. The standard InChI is InChI=1S/C17H22N4O3/c1-11-4-2-3-5-14(11)19-15(22)10-21-16(23)12(8-18)9-20(17(21)24)13-6-7-13/h9,11,13-14H,2-7,10H2,1H3,(H,19,22)/t11-,14-/m0/s1. The van der Waals surface area contributed by atoms with Crippen LogP contribution in [0.15, 0.2) is 15.8 Å². The molecule has 7 nitrogen and oxygen atoms in total. The monoisotopic (exact) mass is 330 g/mol. The van der Waals surface area contributed by atoms with E-state index in [4.69, 9.17) is 5.26 Å². The summed E-state index contributed by atoms with van der Waals surface area (Å²) in [6.07, 6.45) is 7.27. The Hall–Kier alpha value is -2.36. The van der Waals surface area contributed by atoms with Gasteiger partial charge in [0.05, 0.1) is 0 Å². The van der Waals surface area contributed by atoms with Gasteiger partial charge in [0.1, 0.15) is 18.2 Å². The summed E-state index contributed by atoms with van der Waals surface area (Å²) in [5.41, 5.74) is -1.29. The first-order chi connectivity index (χ1) is 11.5. The molecule has 0 spiro atoms. The van der Waals surface area contributed by atoms with Gasteiger partial charge >= 0.3 is 5.69 Å². The van der Waals surface area contributed by atoms with E-state index in [9.17, 15) is 14.4 Å². The minimum absolute atomic E-state index is 0.0397. The van der Waals surface area contributed by atoms with E-state index in [1.165, 1.54) is 17.2 Å². The van der Waals surface area contributed by atoms with Gasteiger partial charge in [0.2, 0.25) is 5.91 Å². The van der Waals surface area contributed by atoms with Crippen LogP contribution in [0, 0.1) is 17.2 Å². The van der Waals surface area contributed by atoms with E-state index in [-0.39, 0.29) is 30.1 Å². The lowest BCUT2D eigenvalue weighted by atomic mass is 9.86. The lowest BCUT2D eigenvalue weighted by Crippen LogP contribution is -2.47. The molecule has 1 aromatic rings. The van der Waals surface area contributed by atoms with E-state index in [0.29, 0.717) is 5.92 Å². The van der Waals surface area contributed by atoms with Crippen LogP contribution in [0.1, 0.15) is 57.1 Å². The van der Waals surface area contributed by atoms with Crippen molar-refractivity contribution in [3.8, 4) is 6.07 Å². The van der Waals surface area contributed by atoms with Gasteiger partial charge in [-0.3, -0.25) is 14.2 Å². The SMILES string of the molecule is C[C@H]1CCCC[C@@H]1NC(=O)Cn1c(=O)c(C#N)cn(C2CC2)c1=O.